The van der Waals surface area contributed by atoms with E-state index in [2.05, 4.69) is 10.1 Å². The fraction of sp³-hybridized carbons (Fsp3) is 0.786. The summed E-state index contributed by atoms with van der Waals surface area (Å²) in [6.07, 6.45) is 2.56. The largest absolute Gasteiger partial charge is 0.469 e. The number of methoxy groups -OCH3 is 1. The van der Waals surface area contributed by atoms with Crippen LogP contribution < -0.4 is 5.32 Å². The van der Waals surface area contributed by atoms with Crippen LogP contribution in [0.3, 0.4) is 0 Å². The van der Waals surface area contributed by atoms with Gasteiger partial charge in [-0.25, -0.2) is 0 Å². The zero-order chi connectivity index (χ0) is 15.8. The van der Waals surface area contributed by atoms with Gasteiger partial charge in [0.1, 0.15) is 6.10 Å². The van der Waals surface area contributed by atoms with E-state index in [0.29, 0.717) is 6.42 Å². The number of esters is 2. The minimum Gasteiger partial charge on any atom is -0.469 e. The smallest absolute Gasteiger partial charge is 0.305 e. The van der Waals surface area contributed by atoms with Crippen molar-refractivity contribution >= 4 is 29.6 Å². The Bertz CT molecular complexity index is 388. The zero-order valence-electron chi connectivity index (χ0n) is 12.7. The fourth-order valence-electron chi connectivity index (χ4n) is 2.38. The molecule has 0 aromatic carbocycles. The lowest BCUT2D eigenvalue weighted by atomic mass is 10.0. The Labute approximate surface area is 129 Å². The van der Waals surface area contributed by atoms with Gasteiger partial charge in [-0.1, -0.05) is 6.42 Å². The molecule has 7 heteroatoms. The molecule has 1 amide bonds. The number of thioether (sulfide) groups is 1. The molecule has 21 heavy (non-hydrogen) atoms. The molecule has 120 valence electrons. The standard InChI is InChI=1S/C14H23NO5S/c1-9(16)15-11-8-21-12(14(11)20-10(2)17)6-4-5-7-13(18)19-3/h11-12,14H,4-8H2,1-3H3,(H,15,16)/t11-,12-,14+/m1/s1. The Balaban J connectivity index is 2.45. The van der Waals surface area contributed by atoms with Crippen molar-refractivity contribution in [2.45, 2.75) is 56.9 Å². The quantitative estimate of drug-likeness (QED) is 0.562. The normalized spacial score (nSPS) is 24.4. The van der Waals surface area contributed by atoms with Crippen LogP contribution in [-0.4, -0.2) is 48.1 Å². The van der Waals surface area contributed by atoms with E-state index in [-0.39, 0.29) is 35.2 Å². The highest BCUT2D eigenvalue weighted by Gasteiger charge is 2.39. The molecule has 0 aromatic rings. The molecular weight excluding hydrogens is 294 g/mol. The molecule has 1 heterocycles. The summed E-state index contributed by atoms with van der Waals surface area (Å²) < 4.78 is 9.97. The number of hydrogen-bond acceptors (Lipinski definition) is 6. The molecule has 0 radical (unpaired) electrons. The van der Waals surface area contributed by atoms with Crippen LogP contribution in [0.15, 0.2) is 0 Å². The fourth-order valence-corrected chi connectivity index (χ4v) is 3.87. The number of nitrogens with one attached hydrogen (secondary N) is 1. The Morgan fingerprint density at radius 3 is 2.52 bits per heavy atom. The van der Waals surface area contributed by atoms with Crippen molar-refractivity contribution in [2.75, 3.05) is 12.9 Å². The lowest BCUT2D eigenvalue weighted by Gasteiger charge is -2.24. The topological polar surface area (TPSA) is 81.7 Å². The number of carbonyl (C=O) groups is 3. The van der Waals surface area contributed by atoms with E-state index in [1.165, 1.54) is 21.0 Å². The maximum atomic E-state index is 11.2. The van der Waals surface area contributed by atoms with Gasteiger partial charge in [0.15, 0.2) is 0 Å². The number of unbranched alkanes of at least 4 members (excludes halogenated alkanes) is 1. The summed E-state index contributed by atoms with van der Waals surface area (Å²) in [5.74, 6) is 0.0716. The van der Waals surface area contributed by atoms with Gasteiger partial charge in [0, 0.05) is 31.3 Å². The van der Waals surface area contributed by atoms with Crippen LogP contribution >= 0.6 is 11.8 Å². The molecule has 1 aliphatic heterocycles. The van der Waals surface area contributed by atoms with Gasteiger partial charge in [-0.15, -0.1) is 0 Å². The second-order valence-corrected chi connectivity index (χ2v) is 6.35. The van der Waals surface area contributed by atoms with Crippen molar-refractivity contribution in [3.8, 4) is 0 Å². The molecular formula is C14H23NO5S. The molecule has 0 spiro atoms. The van der Waals surface area contributed by atoms with Crippen molar-refractivity contribution in [1.82, 2.24) is 5.32 Å². The third-order valence-electron chi connectivity index (χ3n) is 3.29. The molecule has 6 nitrogen and oxygen atoms in total. The minimum atomic E-state index is -0.336. The highest BCUT2D eigenvalue weighted by atomic mass is 32.2. The van der Waals surface area contributed by atoms with Crippen molar-refractivity contribution in [1.29, 1.82) is 0 Å². The first-order valence-corrected chi connectivity index (χ1v) is 8.11. The molecule has 0 bridgehead atoms. The SMILES string of the molecule is COC(=O)CCCC[C@H]1SC[C@@H](NC(C)=O)[C@@H]1OC(C)=O. The highest BCUT2D eigenvalue weighted by Crippen LogP contribution is 2.33. The predicted molar refractivity (Wildman–Crippen MR) is 79.9 cm³/mol. The number of hydrogen-bond donors (Lipinski definition) is 1. The summed E-state index contributed by atoms with van der Waals surface area (Å²) in [7, 11) is 1.38. The van der Waals surface area contributed by atoms with Gasteiger partial charge in [-0.05, 0) is 12.8 Å². The molecule has 3 atom stereocenters. The Hall–Kier alpha value is -1.24. The molecule has 1 saturated heterocycles. The summed E-state index contributed by atoms with van der Waals surface area (Å²) in [6, 6.07) is -0.137. The highest BCUT2D eigenvalue weighted by molar-refractivity contribution is 8.00. The van der Waals surface area contributed by atoms with Gasteiger partial charge in [0.25, 0.3) is 0 Å². The summed E-state index contributed by atoms with van der Waals surface area (Å²) >= 11 is 1.70. The molecule has 1 aliphatic rings. The van der Waals surface area contributed by atoms with Crippen molar-refractivity contribution in [3.05, 3.63) is 0 Å². The van der Waals surface area contributed by atoms with E-state index in [1.54, 1.807) is 11.8 Å². The average molecular weight is 317 g/mol. The predicted octanol–water partition coefficient (Wildman–Crippen LogP) is 1.27. The molecule has 1 N–H and O–H groups in total. The minimum absolute atomic E-state index is 0.121. The van der Waals surface area contributed by atoms with E-state index in [4.69, 9.17) is 4.74 Å². The number of rotatable bonds is 7. The molecule has 0 aromatic heterocycles. The van der Waals surface area contributed by atoms with Gasteiger partial charge >= 0.3 is 11.9 Å². The van der Waals surface area contributed by atoms with Gasteiger partial charge in [-0.2, -0.15) is 11.8 Å². The van der Waals surface area contributed by atoms with Crippen molar-refractivity contribution in [2.24, 2.45) is 0 Å². The Kier molecular flexibility index (Phi) is 7.56. The number of ether oxygens (including phenoxy) is 2. The second kappa shape index (κ2) is 8.92. The lowest BCUT2D eigenvalue weighted by Crippen LogP contribution is -2.45. The van der Waals surface area contributed by atoms with Crippen LogP contribution in [0.4, 0.5) is 0 Å². The van der Waals surface area contributed by atoms with Gasteiger partial charge in [0.05, 0.1) is 13.2 Å². The molecule has 0 aliphatic carbocycles. The second-order valence-electron chi connectivity index (χ2n) is 5.07. The third-order valence-corrected chi connectivity index (χ3v) is 4.77. The number of carbonyl (C=O) groups excluding carboxylic acids is 3. The zero-order valence-corrected chi connectivity index (χ0v) is 13.5. The summed E-state index contributed by atoms with van der Waals surface area (Å²) in [5.41, 5.74) is 0. The number of amides is 1. The van der Waals surface area contributed by atoms with E-state index in [1.807, 2.05) is 0 Å². The van der Waals surface area contributed by atoms with Crippen LogP contribution in [0.5, 0.6) is 0 Å². The van der Waals surface area contributed by atoms with Gasteiger partial charge in [0.2, 0.25) is 5.91 Å². The Morgan fingerprint density at radius 1 is 1.24 bits per heavy atom. The summed E-state index contributed by atoms with van der Waals surface area (Å²) in [5, 5.41) is 2.99. The van der Waals surface area contributed by atoms with Crippen molar-refractivity contribution in [3.63, 3.8) is 0 Å². The van der Waals surface area contributed by atoms with E-state index in [0.717, 1.165) is 25.0 Å². The maximum Gasteiger partial charge on any atom is 0.305 e. The monoisotopic (exact) mass is 317 g/mol. The molecule has 1 fully saturated rings. The molecule has 0 saturated carbocycles. The maximum absolute atomic E-state index is 11.2. The van der Waals surface area contributed by atoms with Crippen molar-refractivity contribution < 1.29 is 23.9 Å². The van der Waals surface area contributed by atoms with Gasteiger partial charge < -0.3 is 14.8 Å². The van der Waals surface area contributed by atoms with Crippen LogP contribution in [0.25, 0.3) is 0 Å². The lowest BCUT2D eigenvalue weighted by molar-refractivity contribution is -0.148. The summed E-state index contributed by atoms with van der Waals surface area (Å²) in [4.78, 5) is 33.5. The first-order valence-electron chi connectivity index (χ1n) is 7.06. The molecule has 1 rings (SSSR count). The first kappa shape index (κ1) is 17.8. The van der Waals surface area contributed by atoms with E-state index in [9.17, 15) is 14.4 Å². The van der Waals surface area contributed by atoms with Crippen LogP contribution in [0.1, 0.15) is 39.5 Å². The molecule has 0 unspecified atom stereocenters. The van der Waals surface area contributed by atoms with E-state index >= 15 is 0 Å². The Morgan fingerprint density at radius 2 is 1.95 bits per heavy atom. The summed E-state index contributed by atoms with van der Waals surface area (Å²) in [6.45, 7) is 2.83. The van der Waals surface area contributed by atoms with Crippen LogP contribution in [0.2, 0.25) is 0 Å². The average Bonchev–Trinajstić information content (AvgIpc) is 2.75. The van der Waals surface area contributed by atoms with Crippen LogP contribution in [0, 0.1) is 0 Å². The third kappa shape index (κ3) is 6.37. The first-order chi connectivity index (χ1) is 9.93. The van der Waals surface area contributed by atoms with Crippen LogP contribution in [-0.2, 0) is 23.9 Å². The van der Waals surface area contributed by atoms with E-state index < -0.39 is 0 Å². The van der Waals surface area contributed by atoms with Gasteiger partial charge in [-0.3, -0.25) is 14.4 Å².